The van der Waals surface area contributed by atoms with Crippen molar-refractivity contribution in [2.24, 2.45) is 0 Å². The fourth-order valence-corrected chi connectivity index (χ4v) is 7.39. The van der Waals surface area contributed by atoms with Gasteiger partial charge in [0.25, 0.3) is 0 Å². The van der Waals surface area contributed by atoms with E-state index in [-0.39, 0.29) is 75.1 Å². The number of hydrogen-bond donors (Lipinski definition) is 6. The molecule has 0 bridgehead atoms. The minimum atomic E-state index is -1.23. The number of carbonyl (C=O) groups is 10. The van der Waals surface area contributed by atoms with Gasteiger partial charge in [-0.25, -0.2) is 9.59 Å². The SMILES string of the molecule is CCCCCC(=O)N[C@@H](CCC(=O)N[C@@H](CSSC[C@H](NC(=O)CC[C@H](NC(=O)CCCCC)C(=O)OC)C(=O)NCC(=O)OCC)C(=O)NCC(=O)OCC)C(=O)OC. The summed E-state index contributed by atoms with van der Waals surface area (Å²) in [5.41, 5.74) is 0. The van der Waals surface area contributed by atoms with Crippen LogP contribution in [0.1, 0.15) is 105 Å². The number of esters is 4. The summed E-state index contributed by atoms with van der Waals surface area (Å²) >= 11 is 0. The van der Waals surface area contributed by atoms with E-state index in [2.05, 4.69) is 31.9 Å². The van der Waals surface area contributed by atoms with Crippen LogP contribution in [0.25, 0.3) is 0 Å². The molecule has 4 atom stereocenters. The van der Waals surface area contributed by atoms with Gasteiger partial charge in [-0.05, 0) is 39.5 Å². The normalized spacial score (nSPS) is 12.6. The molecule has 60 heavy (non-hydrogen) atoms. The van der Waals surface area contributed by atoms with Crippen LogP contribution in [-0.4, -0.2) is 136 Å². The highest BCUT2D eigenvalue weighted by molar-refractivity contribution is 8.76. The average Bonchev–Trinajstić information content (AvgIpc) is 3.22. The van der Waals surface area contributed by atoms with Gasteiger partial charge in [0.1, 0.15) is 37.3 Å². The maximum absolute atomic E-state index is 13.2. The predicted molar refractivity (Wildman–Crippen MR) is 223 cm³/mol. The zero-order valence-corrected chi connectivity index (χ0v) is 37.2. The molecule has 0 unspecified atom stereocenters. The molecule has 22 heteroatoms. The molecule has 0 aromatic rings. The Bertz CT molecular complexity index is 1300. The van der Waals surface area contributed by atoms with Crippen LogP contribution in [0.15, 0.2) is 0 Å². The summed E-state index contributed by atoms with van der Waals surface area (Å²) < 4.78 is 19.3. The molecule has 0 aliphatic heterocycles. The van der Waals surface area contributed by atoms with E-state index < -0.39 is 84.8 Å². The quantitative estimate of drug-likeness (QED) is 0.0229. The molecule has 0 aromatic carbocycles. The van der Waals surface area contributed by atoms with E-state index in [0.29, 0.717) is 12.8 Å². The zero-order valence-electron chi connectivity index (χ0n) is 35.6. The largest absolute Gasteiger partial charge is 0.467 e. The molecule has 0 aromatic heterocycles. The second-order valence-electron chi connectivity index (χ2n) is 13.1. The number of carbonyl (C=O) groups excluding carboxylic acids is 10. The van der Waals surface area contributed by atoms with Gasteiger partial charge in [-0.3, -0.25) is 38.4 Å². The maximum Gasteiger partial charge on any atom is 0.328 e. The van der Waals surface area contributed by atoms with Gasteiger partial charge >= 0.3 is 23.9 Å². The third-order valence-electron chi connectivity index (χ3n) is 8.26. The zero-order chi connectivity index (χ0) is 45.3. The summed E-state index contributed by atoms with van der Waals surface area (Å²) in [5, 5.41) is 15.1. The Morgan fingerprint density at radius 2 is 0.800 bits per heavy atom. The number of rotatable bonds is 33. The van der Waals surface area contributed by atoms with Gasteiger partial charge in [0.05, 0.1) is 27.4 Å². The number of ether oxygens (including phenoxy) is 4. The number of nitrogens with one attached hydrogen (secondary N) is 6. The number of hydrogen-bond acceptors (Lipinski definition) is 16. The van der Waals surface area contributed by atoms with E-state index in [4.69, 9.17) is 18.9 Å². The smallest absolute Gasteiger partial charge is 0.328 e. The number of unbranched alkanes of at least 4 members (excludes halogenated alkanes) is 4. The Kier molecular flexibility index (Phi) is 31.5. The molecule has 0 saturated carbocycles. The summed E-state index contributed by atoms with van der Waals surface area (Å²) in [5.74, 6) is -6.69. The second-order valence-corrected chi connectivity index (χ2v) is 15.7. The third kappa shape index (κ3) is 26.5. The van der Waals surface area contributed by atoms with Crippen LogP contribution in [0.3, 0.4) is 0 Å². The first-order chi connectivity index (χ1) is 28.6. The van der Waals surface area contributed by atoms with Crippen LogP contribution in [-0.2, 0) is 66.9 Å². The first-order valence-corrected chi connectivity index (χ1v) is 22.6. The van der Waals surface area contributed by atoms with Crippen molar-refractivity contribution in [1.82, 2.24) is 31.9 Å². The van der Waals surface area contributed by atoms with Gasteiger partial charge in [-0.15, -0.1) is 0 Å². The summed E-state index contributed by atoms with van der Waals surface area (Å²) in [4.78, 5) is 126. The fourth-order valence-electron chi connectivity index (χ4n) is 5.06. The Morgan fingerprint density at radius 1 is 0.467 bits per heavy atom. The Hall–Kier alpha value is -4.60. The minimum absolute atomic E-state index is 0.0739. The van der Waals surface area contributed by atoms with Gasteiger partial charge in [-0.2, -0.15) is 0 Å². The lowest BCUT2D eigenvalue weighted by Gasteiger charge is -2.21. The van der Waals surface area contributed by atoms with Crippen LogP contribution in [0.5, 0.6) is 0 Å². The fraction of sp³-hybridized carbons (Fsp3) is 0.737. The molecule has 0 fully saturated rings. The van der Waals surface area contributed by atoms with Gasteiger partial charge in [-0.1, -0.05) is 61.1 Å². The van der Waals surface area contributed by atoms with Crippen LogP contribution in [0.4, 0.5) is 0 Å². The molecule has 6 amide bonds. The summed E-state index contributed by atoms with van der Waals surface area (Å²) in [6.07, 6.45) is 4.22. The molecule has 0 spiro atoms. The lowest BCUT2D eigenvalue weighted by Crippen LogP contribution is -2.50. The Labute approximate surface area is 359 Å². The first-order valence-electron chi connectivity index (χ1n) is 20.1. The highest BCUT2D eigenvalue weighted by Crippen LogP contribution is 2.23. The molecule has 0 aliphatic rings. The van der Waals surface area contributed by atoms with Crippen molar-refractivity contribution in [3.8, 4) is 0 Å². The van der Waals surface area contributed by atoms with Crippen LogP contribution in [0.2, 0.25) is 0 Å². The van der Waals surface area contributed by atoms with Gasteiger partial charge < -0.3 is 50.8 Å². The summed E-state index contributed by atoms with van der Waals surface area (Å²) in [6, 6.07) is -4.69. The number of methoxy groups -OCH3 is 2. The molecule has 0 rings (SSSR count). The molecular weight excluding hydrogens is 829 g/mol. The third-order valence-corrected chi connectivity index (χ3v) is 10.7. The van der Waals surface area contributed by atoms with Crippen molar-refractivity contribution >= 4 is 80.9 Å². The standard InChI is InChI=1S/C38H64N6O14S2/c1-7-11-13-15-29(45)41-25(37(53)55-5)17-19-31(47)43-27(35(51)39-21-33(49)57-9-3)23-59-60-24-28(36(52)40-22-34(50)58-10-4)44-32(48)20-18-26(38(54)56-6)42-30(46)16-14-12-8-2/h25-28H,7-24H2,1-6H3,(H,39,51)(H,40,52)(H,41,45)(H,42,46)(H,43,47)(H,44,48)/t25-,26-,27-,28-/m0/s1. The topological polar surface area (TPSA) is 280 Å². The highest BCUT2D eigenvalue weighted by Gasteiger charge is 2.28. The second kappa shape index (κ2) is 34.1. The van der Waals surface area contributed by atoms with Crippen molar-refractivity contribution < 1.29 is 66.9 Å². The summed E-state index contributed by atoms with van der Waals surface area (Å²) in [6.45, 7) is 6.32. The molecular formula is C38H64N6O14S2. The minimum Gasteiger partial charge on any atom is -0.467 e. The summed E-state index contributed by atoms with van der Waals surface area (Å²) in [7, 11) is 4.37. The molecule has 0 heterocycles. The molecule has 6 N–H and O–H groups in total. The molecule has 0 saturated heterocycles. The van der Waals surface area contributed by atoms with E-state index in [1.165, 1.54) is 0 Å². The van der Waals surface area contributed by atoms with E-state index in [1.807, 2.05) is 13.8 Å². The maximum atomic E-state index is 13.2. The highest BCUT2D eigenvalue weighted by atomic mass is 33.1. The van der Waals surface area contributed by atoms with Crippen LogP contribution < -0.4 is 31.9 Å². The molecule has 0 radical (unpaired) electrons. The molecule has 0 aliphatic carbocycles. The molecule has 20 nitrogen and oxygen atoms in total. The predicted octanol–water partition coefficient (Wildman–Crippen LogP) is 0.733. The van der Waals surface area contributed by atoms with Crippen molar-refractivity contribution in [2.45, 2.75) is 129 Å². The monoisotopic (exact) mass is 892 g/mol. The van der Waals surface area contributed by atoms with Crippen molar-refractivity contribution in [1.29, 1.82) is 0 Å². The van der Waals surface area contributed by atoms with Crippen molar-refractivity contribution in [2.75, 3.05) is 52.0 Å². The Morgan fingerprint density at radius 3 is 1.12 bits per heavy atom. The van der Waals surface area contributed by atoms with E-state index >= 15 is 0 Å². The Balaban J connectivity index is 5.81. The van der Waals surface area contributed by atoms with Crippen molar-refractivity contribution in [3.05, 3.63) is 0 Å². The lowest BCUT2D eigenvalue weighted by atomic mass is 10.1. The van der Waals surface area contributed by atoms with E-state index in [9.17, 15) is 47.9 Å². The average molecular weight is 893 g/mol. The van der Waals surface area contributed by atoms with Crippen LogP contribution >= 0.6 is 21.6 Å². The van der Waals surface area contributed by atoms with Gasteiger partial charge in [0.15, 0.2) is 0 Å². The lowest BCUT2D eigenvalue weighted by molar-refractivity contribution is -0.146. The molecule has 342 valence electrons. The van der Waals surface area contributed by atoms with Gasteiger partial charge in [0.2, 0.25) is 35.4 Å². The first kappa shape index (κ1) is 55.4. The van der Waals surface area contributed by atoms with Crippen molar-refractivity contribution in [3.63, 3.8) is 0 Å². The van der Waals surface area contributed by atoms with Crippen LogP contribution in [0, 0.1) is 0 Å². The van der Waals surface area contributed by atoms with E-state index in [0.717, 1.165) is 61.5 Å². The van der Waals surface area contributed by atoms with Gasteiger partial charge in [0, 0.05) is 37.2 Å². The number of amides is 6. The van der Waals surface area contributed by atoms with E-state index in [1.54, 1.807) is 13.8 Å².